The van der Waals surface area contributed by atoms with E-state index in [1.165, 1.54) is 0 Å². The molecule has 1 fully saturated rings. The van der Waals surface area contributed by atoms with Gasteiger partial charge in [0.25, 0.3) is 0 Å². The molecule has 0 aromatic rings. The van der Waals surface area contributed by atoms with Crippen molar-refractivity contribution >= 4 is 21.9 Å². The van der Waals surface area contributed by atoms with Gasteiger partial charge in [0.05, 0.1) is 4.83 Å². The van der Waals surface area contributed by atoms with Crippen LogP contribution in [0.4, 0.5) is 0 Å². The van der Waals surface area contributed by atoms with E-state index in [0.29, 0.717) is 4.83 Å². The van der Waals surface area contributed by atoms with Crippen LogP contribution in [-0.4, -0.2) is 16.9 Å². The van der Waals surface area contributed by atoms with Gasteiger partial charge in [0.15, 0.2) is 0 Å². The Labute approximate surface area is 67.4 Å². The van der Waals surface area contributed by atoms with Crippen molar-refractivity contribution in [1.82, 2.24) is 0 Å². The van der Waals surface area contributed by atoms with Gasteiger partial charge in [-0.1, -0.05) is 28.1 Å². The summed E-state index contributed by atoms with van der Waals surface area (Å²) in [6.45, 7) is 0. The fraction of sp³-hybridized carbons (Fsp3) is 0.571. The van der Waals surface area contributed by atoms with Crippen LogP contribution in [0.2, 0.25) is 0 Å². The lowest BCUT2D eigenvalue weighted by Gasteiger charge is -2.38. The maximum atomic E-state index is 10.7. The molecular weight excluding hydrogens is 196 g/mol. The second-order valence-corrected chi connectivity index (χ2v) is 3.78. The molecule has 3 unspecified atom stereocenters. The second kappa shape index (κ2) is 2.09. The Kier molecular flexibility index (Phi) is 1.34. The van der Waals surface area contributed by atoms with E-state index in [-0.39, 0.29) is 18.0 Å². The molecule has 0 spiro atoms. The zero-order valence-corrected chi connectivity index (χ0v) is 6.87. The maximum Gasteiger partial charge on any atom is 0.316 e. The molecule has 0 radical (unpaired) electrons. The molecule has 0 bridgehead atoms. The highest BCUT2D eigenvalue weighted by Crippen LogP contribution is 2.35. The summed E-state index contributed by atoms with van der Waals surface area (Å²) in [6.07, 6.45) is 5.04. The van der Waals surface area contributed by atoms with Crippen LogP contribution in [0.3, 0.4) is 0 Å². The Morgan fingerprint density at radius 2 is 2.50 bits per heavy atom. The predicted octanol–water partition coefficient (Wildman–Crippen LogP) is 1.25. The van der Waals surface area contributed by atoms with Gasteiger partial charge in [0.2, 0.25) is 0 Å². The fourth-order valence-electron chi connectivity index (χ4n) is 1.32. The number of fused-ring (bicyclic) bond motifs is 1. The summed E-state index contributed by atoms with van der Waals surface area (Å²) < 4.78 is 4.92. The van der Waals surface area contributed by atoms with Crippen molar-refractivity contribution in [3.05, 3.63) is 12.2 Å². The smallest absolute Gasteiger partial charge is 0.316 e. The molecule has 2 rings (SSSR count). The van der Waals surface area contributed by atoms with E-state index in [2.05, 4.69) is 15.9 Å². The number of hydrogen-bond donors (Lipinski definition) is 0. The third-order valence-corrected chi connectivity index (χ3v) is 2.83. The molecule has 2 nitrogen and oxygen atoms in total. The quantitative estimate of drug-likeness (QED) is 0.336. The molecule has 54 valence electrons. The summed E-state index contributed by atoms with van der Waals surface area (Å²) in [5.41, 5.74) is 0. The summed E-state index contributed by atoms with van der Waals surface area (Å²) >= 11 is 3.44. The first-order valence-corrected chi connectivity index (χ1v) is 4.22. The molecule has 0 aromatic carbocycles. The minimum atomic E-state index is -0.0783. The summed E-state index contributed by atoms with van der Waals surface area (Å²) in [6, 6.07) is 0. The summed E-state index contributed by atoms with van der Waals surface area (Å²) in [5, 5.41) is 0. The summed E-state index contributed by atoms with van der Waals surface area (Å²) in [4.78, 5) is 11.0. The number of ether oxygens (including phenoxy) is 1. The van der Waals surface area contributed by atoms with E-state index >= 15 is 0 Å². The number of esters is 1. The average Bonchev–Trinajstić information content (AvgIpc) is 1.91. The molecule has 10 heavy (non-hydrogen) atoms. The molecule has 0 saturated carbocycles. The van der Waals surface area contributed by atoms with Crippen LogP contribution < -0.4 is 0 Å². The van der Waals surface area contributed by atoms with E-state index in [9.17, 15) is 4.79 Å². The third-order valence-electron chi connectivity index (χ3n) is 1.94. The molecule has 1 heterocycles. The van der Waals surface area contributed by atoms with Gasteiger partial charge in [-0.2, -0.15) is 0 Å². The Hall–Kier alpha value is -0.310. The van der Waals surface area contributed by atoms with Crippen molar-refractivity contribution in [2.45, 2.75) is 17.4 Å². The summed E-state index contributed by atoms with van der Waals surface area (Å²) in [5.74, 6) is -0.0384. The van der Waals surface area contributed by atoms with E-state index in [1.54, 1.807) is 0 Å². The maximum absolute atomic E-state index is 10.7. The van der Waals surface area contributed by atoms with Crippen molar-refractivity contribution in [2.75, 3.05) is 0 Å². The molecule has 1 aliphatic heterocycles. The van der Waals surface area contributed by atoms with Gasteiger partial charge in [-0.25, -0.2) is 0 Å². The minimum absolute atomic E-state index is 0.0399. The predicted molar refractivity (Wildman–Crippen MR) is 39.8 cm³/mol. The SMILES string of the molecule is O=C1OC2C(Br)CC=CC12. The molecule has 0 amide bonds. The Morgan fingerprint density at radius 1 is 1.70 bits per heavy atom. The highest BCUT2D eigenvalue weighted by molar-refractivity contribution is 9.09. The monoisotopic (exact) mass is 202 g/mol. The van der Waals surface area contributed by atoms with E-state index in [0.717, 1.165) is 6.42 Å². The van der Waals surface area contributed by atoms with Crippen LogP contribution in [-0.2, 0) is 9.53 Å². The molecule has 3 atom stereocenters. The molecular formula is C7H7BrO2. The Balaban J connectivity index is 2.18. The number of halogens is 1. The third kappa shape index (κ3) is 0.732. The first kappa shape index (κ1) is 6.40. The van der Waals surface area contributed by atoms with Gasteiger partial charge in [0, 0.05) is 0 Å². The zero-order valence-electron chi connectivity index (χ0n) is 5.29. The van der Waals surface area contributed by atoms with Crippen LogP contribution in [0.25, 0.3) is 0 Å². The van der Waals surface area contributed by atoms with Crippen molar-refractivity contribution in [3.8, 4) is 0 Å². The largest absolute Gasteiger partial charge is 0.459 e. The van der Waals surface area contributed by atoms with Crippen LogP contribution in [0, 0.1) is 5.92 Å². The first-order valence-electron chi connectivity index (χ1n) is 3.30. The fourth-order valence-corrected chi connectivity index (χ4v) is 1.98. The molecule has 1 aliphatic carbocycles. The Bertz CT molecular complexity index is 200. The van der Waals surface area contributed by atoms with Gasteiger partial charge < -0.3 is 4.74 Å². The van der Waals surface area contributed by atoms with Crippen molar-refractivity contribution in [3.63, 3.8) is 0 Å². The highest BCUT2D eigenvalue weighted by atomic mass is 79.9. The topological polar surface area (TPSA) is 26.3 Å². The average molecular weight is 203 g/mol. The van der Waals surface area contributed by atoms with Gasteiger partial charge in [-0.3, -0.25) is 4.79 Å². The number of hydrogen-bond acceptors (Lipinski definition) is 2. The molecule has 0 aromatic heterocycles. The number of carbonyl (C=O) groups is 1. The number of allylic oxidation sites excluding steroid dienone is 1. The molecule has 3 heteroatoms. The van der Waals surface area contributed by atoms with Crippen LogP contribution in [0.15, 0.2) is 12.2 Å². The van der Waals surface area contributed by atoms with Crippen molar-refractivity contribution in [2.24, 2.45) is 5.92 Å². The van der Waals surface area contributed by atoms with E-state index in [1.807, 2.05) is 12.2 Å². The Morgan fingerprint density at radius 3 is 3.10 bits per heavy atom. The first-order chi connectivity index (χ1) is 4.79. The van der Waals surface area contributed by atoms with Gasteiger partial charge >= 0.3 is 5.97 Å². The van der Waals surface area contributed by atoms with Gasteiger partial charge in [-0.05, 0) is 6.42 Å². The number of carbonyl (C=O) groups excluding carboxylic acids is 1. The van der Waals surface area contributed by atoms with Crippen molar-refractivity contribution in [1.29, 1.82) is 0 Å². The lowest BCUT2D eigenvalue weighted by Crippen LogP contribution is -2.50. The molecule has 0 N–H and O–H groups in total. The van der Waals surface area contributed by atoms with Gasteiger partial charge in [-0.15, -0.1) is 0 Å². The molecule has 1 saturated heterocycles. The summed E-state index contributed by atoms with van der Waals surface area (Å²) in [7, 11) is 0. The van der Waals surface area contributed by atoms with E-state index in [4.69, 9.17) is 4.74 Å². The van der Waals surface area contributed by atoms with Crippen LogP contribution in [0.5, 0.6) is 0 Å². The van der Waals surface area contributed by atoms with Crippen LogP contribution in [0.1, 0.15) is 6.42 Å². The normalized spacial score (nSPS) is 43.7. The standard InChI is InChI=1S/C7H7BrO2/c8-5-3-1-2-4-6(5)10-7(4)9/h1-2,4-6H,3H2. The van der Waals surface area contributed by atoms with Crippen molar-refractivity contribution < 1.29 is 9.53 Å². The lowest BCUT2D eigenvalue weighted by molar-refractivity contribution is -0.179. The zero-order chi connectivity index (χ0) is 7.14. The van der Waals surface area contributed by atoms with E-state index < -0.39 is 0 Å². The van der Waals surface area contributed by atoms with Gasteiger partial charge in [0.1, 0.15) is 12.0 Å². The molecule has 2 aliphatic rings. The second-order valence-electron chi connectivity index (χ2n) is 2.61. The number of alkyl halides is 1. The van der Waals surface area contributed by atoms with Crippen LogP contribution >= 0.6 is 15.9 Å². The minimum Gasteiger partial charge on any atom is -0.459 e. The lowest BCUT2D eigenvalue weighted by atomic mass is 9.88. The number of rotatable bonds is 0. The highest BCUT2D eigenvalue weighted by Gasteiger charge is 2.45.